The molecule has 2 aromatic rings. The molecule has 0 amide bonds. The summed E-state index contributed by atoms with van der Waals surface area (Å²) in [6.45, 7) is 8.89. The number of aryl methyl sites for hydroxylation is 2. The lowest BCUT2D eigenvalue weighted by Crippen LogP contribution is -2.40. The fourth-order valence-electron chi connectivity index (χ4n) is 3.28. The maximum atomic E-state index is 10.5. The van der Waals surface area contributed by atoms with Gasteiger partial charge in [-0.25, -0.2) is 0 Å². The first-order valence-electron chi connectivity index (χ1n) is 8.24. The van der Waals surface area contributed by atoms with Crippen molar-refractivity contribution in [2.45, 2.75) is 52.2 Å². The van der Waals surface area contributed by atoms with Crippen molar-refractivity contribution in [1.29, 1.82) is 0 Å². The molecule has 3 nitrogen and oxygen atoms in total. The van der Waals surface area contributed by atoms with Crippen LogP contribution in [0.25, 0.3) is 0 Å². The number of nitroso groups, excluding NO2 is 1. The van der Waals surface area contributed by atoms with Crippen LogP contribution in [0.2, 0.25) is 0 Å². The van der Waals surface area contributed by atoms with Gasteiger partial charge in [0, 0.05) is 18.6 Å². The molecular formula is C20H24N2O. The summed E-state index contributed by atoms with van der Waals surface area (Å²) in [7, 11) is 0. The molecule has 23 heavy (non-hydrogen) atoms. The van der Waals surface area contributed by atoms with Gasteiger partial charge in [0.25, 0.3) is 0 Å². The standard InChI is InChI=1S/C20H24N2O/c1-15-4-7-17-13-22(14-18(17)12-15)20(2,3)11-10-16-5-8-19(21-23)9-6-16/h4-9,12H,10-11,13-14H2,1-3H3. The molecule has 3 rings (SSSR count). The summed E-state index contributed by atoms with van der Waals surface area (Å²) in [5.74, 6) is 0. The zero-order valence-corrected chi connectivity index (χ0v) is 14.2. The van der Waals surface area contributed by atoms with E-state index in [-0.39, 0.29) is 5.54 Å². The molecule has 0 saturated heterocycles. The van der Waals surface area contributed by atoms with Crippen LogP contribution in [0, 0.1) is 11.8 Å². The molecule has 0 fully saturated rings. The number of nitrogens with zero attached hydrogens (tertiary/aromatic N) is 2. The first kappa shape index (κ1) is 15.9. The second kappa shape index (κ2) is 6.25. The third kappa shape index (κ3) is 3.50. The number of hydrogen-bond donors (Lipinski definition) is 0. The largest absolute Gasteiger partial charge is 0.290 e. The Balaban J connectivity index is 1.64. The van der Waals surface area contributed by atoms with Crippen LogP contribution in [0.5, 0.6) is 0 Å². The number of rotatable bonds is 5. The van der Waals surface area contributed by atoms with E-state index in [4.69, 9.17) is 0 Å². The predicted octanol–water partition coefficient (Wildman–Crippen LogP) is 5.12. The van der Waals surface area contributed by atoms with Crippen LogP contribution in [0.1, 0.15) is 42.5 Å². The lowest BCUT2D eigenvalue weighted by Gasteiger charge is -2.35. The fraction of sp³-hybridized carbons (Fsp3) is 0.400. The van der Waals surface area contributed by atoms with E-state index in [0.717, 1.165) is 25.9 Å². The van der Waals surface area contributed by atoms with Gasteiger partial charge in [0.05, 0.1) is 0 Å². The molecule has 0 unspecified atom stereocenters. The molecule has 0 aliphatic carbocycles. The van der Waals surface area contributed by atoms with Crippen molar-refractivity contribution >= 4 is 5.69 Å². The van der Waals surface area contributed by atoms with Gasteiger partial charge in [0.2, 0.25) is 0 Å². The molecular weight excluding hydrogens is 284 g/mol. The van der Waals surface area contributed by atoms with Gasteiger partial charge >= 0.3 is 0 Å². The Morgan fingerprint density at radius 2 is 1.74 bits per heavy atom. The first-order chi connectivity index (χ1) is 11.0. The summed E-state index contributed by atoms with van der Waals surface area (Å²) in [5.41, 5.74) is 6.18. The van der Waals surface area contributed by atoms with Crippen LogP contribution >= 0.6 is 0 Å². The second-order valence-corrected chi connectivity index (χ2v) is 7.20. The van der Waals surface area contributed by atoms with Crippen LogP contribution in [-0.2, 0) is 19.5 Å². The SMILES string of the molecule is Cc1ccc2c(c1)CN(C(C)(C)CCc1ccc(N=O)cc1)C2. The van der Waals surface area contributed by atoms with Crippen LogP contribution in [0.3, 0.4) is 0 Å². The fourth-order valence-corrected chi connectivity index (χ4v) is 3.28. The monoisotopic (exact) mass is 308 g/mol. The molecule has 0 bridgehead atoms. The highest BCUT2D eigenvalue weighted by atomic mass is 16.3. The Kier molecular flexibility index (Phi) is 4.31. The van der Waals surface area contributed by atoms with E-state index in [9.17, 15) is 4.91 Å². The minimum atomic E-state index is 0.147. The van der Waals surface area contributed by atoms with Crippen molar-refractivity contribution in [3.63, 3.8) is 0 Å². The Morgan fingerprint density at radius 1 is 1.04 bits per heavy atom. The predicted molar refractivity (Wildman–Crippen MR) is 94.7 cm³/mol. The quantitative estimate of drug-likeness (QED) is 0.718. The van der Waals surface area contributed by atoms with E-state index in [1.54, 1.807) is 12.1 Å². The van der Waals surface area contributed by atoms with Crippen LogP contribution in [-0.4, -0.2) is 10.4 Å². The summed E-state index contributed by atoms with van der Waals surface area (Å²) >= 11 is 0. The van der Waals surface area contributed by atoms with E-state index in [1.807, 2.05) is 12.1 Å². The molecule has 120 valence electrons. The first-order valence-corrected chi connectivity index (χ1v) is 8.24. The normalized spacial score (nSPS) is 14.7. The van der Waals surface area contributed by atoms with Crippen molar-refractivity contribution in [3.8, 4) is 0 Å². The molecule has 0 saturated carbocycles. The number of hydrogen-bond acceptors (Lipinski definition) is 3. The summed E-state index contributed by atoms with van der Waals surface area (Å²) in [5, 5.41) is 2.96. The minimum absolute atomic E-state index is 0.147. The zero-order chi connectivity index (χ0) is 16.4. The van der Waals surface area contributed by atoms with Gasteiger partial charge in [0.15, 0.2) is 0 Å². The summed E-state index contributed by atoms with van der Waals surface area (Å²) in [6.07, 6.45) is 2.10. The van der Waals surface area contributed by atoms with Gasteiger partial charge < -0.3 is 0 Å². The van der Waals surface area contributed by atoms with Crippen LogP contribution in [0.15, 0.2) is 47.6 Å². The highest BCUT2D eigenvalue weighted by Gasteiger charge is 2.31. The molecule has 2 aromatic carbocycles. The maximum absolute atomic E-state index is 10.5. The highest BCUT2D eigenvalue weighted by molar-refractivity contribution is 5.38. The highest BCUT2D eigenvalue weighted by Crippen LogP contribution is 2.32. The topological polar surface area (TPSA) is 32.7 Å². The molecule has 0 radical (unpaired) electrons. The minimum Gasteiger partial charge on any atom is -0.290 e. The van der Waals surface area contributed by atoms with Crippen LogP contribution in [0.4, 0.5) is 5.69 Å². The van der Waals surface area contributed by atoms with Crippen LogP contribution < -0.4 is 0 Å². The second-order valence-electron chi connectivity index (χ2n) is 7.20. The number of fused-ring (bicyclic) bond motifs is 1. The summed E-state index contributed by atoms with van der Waals surface area (Å²) < 4.78 is 0. The van der Waals surface area contributed by atoms with Gasteiger partial charge in [-0.2, -0.15) is 0 Å². The van der Waals surface area contributed by atoms with E-state index < -0.39 is 0 Å². The molecule has 0 N–H and O–H groups in total. The van der Waals surface area contributed by atoms with Gasteiger partial charge in [-0.3, -0.25) is 4.90 Å². The third-order valence-electron chi connectivity index (χ3n) is 5.01. The van der Waals surface area contributed by atoms with Gasteiger partial charge in [-0.15, -0.1) is 4.91 Å². The lowest BCUT2D eigenvalue weighted by atomic mass is 9.93. The average Bonchev–Trinajstić information content (AvgIpc) is 2.97. The average molecular weight is 308 g/mol. The molecule has 1 aliphatic rings. The summed E-state index contributed by atoms with van der Waals surface area (Å²) in [6, 6.07) is 14.4. The van der Waals surface area contributed by atoms with E-state index in [1.165, 1.54) is 22.3 Å². The van der Waals surface area contributed by atoms with Crippen molar-refractivity contribution in [1.82, 2.24) is 4.90 Å². The Bertz CT molecular complexity index is 704. The molecule has 0 aromatic heterocycles. The van der Waals surface area contributed by atoms with Crippen molar-refractivity contribution in [2.24, 2.45) is 5.18 Å². The van der Waals surface area contributed by atoms with E-state index >= 15 is 0 Å². The van der Waals surface area contributed by atoms with E-state index in [2.05, 4.69) is 49.0 Å². The van der Waals surface area contributed by atoms with Crippen molar-refractivity contribution < 1.29 is 0 Å². The maximum Gasteiger partial charge on any atom is 0.108 e. The van der Waals surface area contributed by atoms with Gasteiger partial charge in [-0.1, -0.05) is 35.9 Å². The van der Waals surface area contributed by atoms with Gasteiger partial charge in [-0.05, 0) is 67.6 Å². The molecule has 0 atom stereocenters. The van der Waals surface area contributed by atoms with Gasteiger partial charge in [0.1, 0.15) is 5.69 Å². The van der Waals surface area contributed by atoms with Crippen molar-refractivity contribution in [3.05, 3.63) is 69.6 Å². The molecule has 0 spiro atoms. The summed E-state index contributed by atoms with van der Waals surface area (Å²) in [4.78, 5) is 13.1. The zero-order valence-electron chi connectivity index (χ0n) is 14.2. The molecule has 1 heterocycles. The Hall–Kier alpha value is -2.00. The Labute approximate surface area is 138 Å². The smallest absolute Gasteiger partial charge is 0.108 e. The van der Waals surface area contributed by atoms with E-state index in [0.29, 0.717) is 5.69 Å². The lowest BCUT2D eigenvalue weighted by molar-refractivity contribution is 0.109. The Morgan fingerprint density at radius 3 is 2.43 bits per heavy atom. The number of benzene rings is 2. The molecule has 1 aliphatic heterocycles. The van der Waals surface area contributed by atoms with Crippen molar-refractivity contribution in [2.75, 3.05) is 0 Å². The third-order valence-corrected chi connectivity index (χ3v) is 5.01. The molecule has 3 heteroatoms.